The van der Waals surface area contributed by atoms with Gasteiger partial charge < -0.3 is 0 Å². The minimum absolute atomic E-state index is 0.655. The maximum Gasteiger partial charge on any atom is 0.257 e. The van der Waals surface area contributed by atoms with Gasteiger partial charge in [-0.25, -0.2) is 13.1 Å². The zero-order valence-corrected chi connectivity index (χ0v) is 16.9. The Morgan fingerprint density at radius 1 is 1.00 bits per heavy atom. The quantitative estimate of drug-likeness (QED) is 0.802. The van der Waals surface area contributed by atoms with E-state index in [2.05, 4.69) is 0 Å². The van der Waals surface area contributed by atoms with Crippen molar-refractivity contribution in [2.75, 3.05) is 6.26 Å². The number of allylic oxidation sites excluding steroid dienone is 2. The summed E-state index contributed by atoms with van der Waals surface area (Å²) >= 11 is 0. The Balaban J connectivity index is 0. The van der Waals surface area contributed by atoms with Crippen molar-refractivity contribution in [3.63, 3.8) is 0 Å². The Hall–Kier alpha value is -1.88. The molecular formula is C19H31NO3S. The number of rotatable bonds is 4. The van der Waals surface area contributed by atoms with Crippen LogP contribution in [-0.4, -0.2) is 20.6 Å². The molecule has 5 heteroatoms. The second-order valence-electron chi connectivity index (χ2n) is 4.78. The third kappa shape index (κ3) is 10.0. The van der Waals surface area contributed by atoms with E-state index in [4.69, 9.17) is 0 Å². The van der Waals surface area contributed by atoms with Crippen LogP contribution in [0.25, 0.3) is 11.6 Å². The van der Waals surface area contributed by atoms with Gasteiger partial charge in [-0.3, -0.25) is 4.79 Å². The van der Waals surface area contributed by atoms with Crippen molar-refractivity contribution in [2.45, 2.75) is 48.5 Å². The minimum Gasteiger partial charge on any atom is -0.269 e. The highest BCUT2D eigenvalue weighted by Crippen LogP contribution is 2.22. The Morgan fingerprint density at radius 3 is 1.96 bits per heavy atom. The fraction of sp³-hybridized carbons (Fsp3) is 0.421. The van der Waals surface area contributed by atoms with Gasteiger partial charge in [-0.05, 0) is 43.5 Å². The van der Waals surface area contributed by atoms with Gasteiger partial charge in [0.05, 0.1) is 6.26 Å². The number of amides is 1. The third-order valence-electron chi connectivity index (χ3n) is 2.82. The summed E-state index contributed by atoms with van der Waals surface area (Å²) in [6.45, 7) is 14.1. The molecule has 0 aliphatic heterocycles. The number of sulfonamides is 1. The number of carbonyl (C=O) groups is 1. The molecule has 24 heavy (non-hydrogen) atoms. The molecule has 1 aromatic rings. The van der Waals surface area contributed by atoms with Gasteiger partial charge in [-0.2, -0.15) is 0 Å². The summed E-state index contributed by atoms with van der Waals surface area (Å²) in [6, 6.07) is 7.65. The lowest BCUT2D eigenvalue weighted by Crippen LogP contribution is -2.27. The second kappa shape index (κ2) is 12.5. The lowest BCUT2D eigenvalue weighted by atomic mass is 9.97. The van der Waals surface area contributed by atoms with Crippen molar-refractivity contribution in [2.24, 2.45) is 0 Å². The molecule has 0 heterocycles. The molecule has 1 amide bonds. The van der Waals surface area contributed by atoms with Gasteiger partial charge in [0.25, 0.3) is 5.91 Å². The lowest BCUT2D eigenvalue weighted by Gasteiger charge is -2.08. The topological polar surface area (TPSA) is 63.2 Å². The lowest BCUT2D eigenvalue weighted by molar-refractivity contribution is -0.114. The van der Waals surface area contributed by atoms with E-state index < -0.39 is 15.9 Å². The summed E-state index contributed by atoms with van der Waals surface area (Å²) in [7, 11) is -3.53. The van der Waals surface area contributed by atoms with Gasteiger partial charge in [0.2, 0.25) is 10.0 Å². The summed E-state index contributed by atoms with van der Waals surface area (Å²) in [6.07, 6.45) is 3.78. The van der Waals surface area contributed by atoms with Crippen LogP contribution in [0.2, 0.25) is 0 Å². The first-order valence-corrected chi connectivity index (χ1v) is 10.0. The molecule has 136 valence electrons. The van der Waals surface area contributed by atoms with Crippen molar-refractivity contribution in [3.8, 4) is 0 Å². The molecule has 0 spiro atoms. The van der Waals surface area contributed by atoms with Crippen LogP contribution >= 0.6 is 0 Å². The first-order valence-electron chi connectivity index (χ1n) is 8.14. The van der Waals surface area contributed by atoms with Gasteiger partial charge in [0, 0.05) is 6.08 Å². The Bertz CT molecular complexity index is 668. The third-order valence-corrected chi connectivity index (χ3v) is 3.39. The highest BCUT2D eigenvalue weighted by molar-refractivity contribution is 7.89. The molecule has 0 aromatic heterocycles. The van der Waals surface area contributed by atoms with Crippen LogP contribution < -0.4 is 4.72 Å². The Kier molecular flexibility index (Phi) is 12.7. The van der Waals surface area contributed by atoms with Crippen molar-refractivity contribution < 1.29 is 13.2 Å². The molecule has 0 unspecified atom stereocenters. The van der Waals surface area contributed by atoms with E-state index >= 15 is 0 Å². The normalized spacial score (nSPS) is 10.0. The smallest absolute Gasteiger partial charge is 0.257 e. The molecule has 0 fully saturated rings. The molecule has 0 atom stereocenters. The van der Waals surface area contributed by atoms with Crippen LogP contribution in [0.3, 0.4) is 0 Å². The summed E-state index contributed by atoms with van der Waals surface area (Å²) < 4.78 is 23.8. The fourth-order valence-corrected chi connectivity index (χ4v) is 2.07. The second-order valence-corrected chi connectivity index (χ2v) is 6.53. The predicted molar refractivity (Wildman–Crippen MR) is 105 cm³/mol. The molecule has 0 aliphatic carbocycles. The number of nitrogens with one attached hydrogen (secondary N) is 1. The van der Waals surface area contributed by atoms with Crippen LogP contribution in [0.5, 0.6) is 0 Å². The Morgan fingerprint density at radius 2 is 1.50 bits per heavy atom. The standard InChI is InChI=1S/C15H19NO3S.2C2H6/c1-11(2)12(3)14-8-6-5-7-13(14)9-10-15(17)16-20(4,18)19;2*1-2/h5-10H,1-4H3,(H,16,17);2*1-2H3/b10-9+;;. The molecule has 0 radical (unpaired) electrons. The van der Waals surface area contributed by atoms with E-state index in [9.17, 15) is 13.2 Å². The predicted octanol–water partition coefficient (Wildman–Crippen LogP) is 4.64. The van der Waals surface area contributed by atoms with Gasteiger partial charge >= 0.3 is 0 Å². The molecule has 1 N–H and O–H groups in total. The fourth-order valence-electron chi connectivity index (χ4n) is 1.64. The average Bonchev–Trinajstić information content (AvgIpc) is 2.54. The number of hydrogen-bond acceptors (Lipinski definition) is 3. The molecule has 0 aliphatic rings. The van der Waals surface area contributed by atoms with E-state index in [0.29, 0.717) is 0 Å². The monoisotopic (exact) mass is 353 g/mol. The first kappa shape index (κ1) is 24.4. The van der Waals surface area contributed by atoms with E-state index in [0.717, 1.165) is 23.0 Å². The average molecular weight is 354 g/mol. The molecule has 1 rings (SSSR count). The summed E-state index contributed by atoms with van der Waals surface area (Å²) in [4.78, 5) is 11.5. The van der Waals surface area contributed by atoms with Crippen LogP contribution in [0.1, 0.15) is 59.6 Å². The molecule has 0 saturated heterocycles. The van der Waals surface area contributed by atoms with Gasteiger partial charge in [0.15, 0.2) is 0 Å². The Labute approximate surface area is 147 Å². The molecular weight excluding hydrogens is 322 g/mol. The van der Waals surface area contributed by atoms with Crippen LogP contribution in [-0.2, 0) is 14.8 Å². The van der Waals surface area contributed by atoms with Crippen molar-refractivity contribution >= 4 is 27.6 Å². The molecule has 4 nitrogen and oxygen atoms in total. The molecule has 0 bridgehead atoms. The van der Waals surface area contributed by atoms with Gasteiger partial charge in [-0.15, -0.1) is 0 Å². The number of hydrogen-bond donors (Lipinski definition) is 1. The zero-order valence-electron chi connectivity index (χ0n) is 16.1. The van der Waals surface area contributed by atoms with Gasteiger partial charge in [-0.1, -0.05) is 57.5 Å². The van der Waals surface area contributed by atoms with Crippen LogP contribution in [0.15, 0.2) is 35.9 Å². The highest BCUT2D eigenvalue weighted by Gasteiger charge is 2.06. The van der Waals surface area contributed by atoms with Crippen molar-refractivity contribution in [3.05, 3.63) is 47.0 Å². The highest BCUT2D eigenvalue weighted by atomic mass is 32.2. The van der Waals surface area contributed by atoms with Crippen LogP contribution in [0.4, 0.5) is 0 Å². The summed E-state index contributed by atoms with van der Waals surface area (Å²) in [5.74, 6) is -0.655. The van der Waals surface area contributed by atoms with E-state index in [1.165, 1.54) is 11.6 Å². The number of carbonyl (C=O) groups excluding carboxylic acids is 1. The SMILES string of the molecule is CC.CC.CC(C)=C(C)c1ccccc1/C=C/C(=O)NS(C)(=O)=O. The molecule has 1 aromatic carbocycles. The zero-order chi connectivity index (χ0) is 19.3. The van der Waals surface area contributed by atoms with Crippen molar-refractivity contribution in [1.29, 1.82) is 0 Å². The van der Waals surface area contributed by atoms with Crippen LogP contribution in [0, 0.1) is 0 Å². The van der Waals surface area contributed by atoms with Gasteiger partial charge in [0.1, 0.15) is 0 Å². The van der Waals surface area contributed by atoms with E-state index in [1.54, 1.807) is 6.08 Å². The van der Waals surface area contributed by atoms with E-state index in [1.807, 2.05) is 77.5 Å². The maximum absolute atomic E-state index is 11.5. The largest absolute Gasteiger partial charge is 0.269 e. The summed E-state index contributed by atoms with van der Waals surface area (Å²) in [5, 5.41) is 0. The minimum atomic E-state index is -3.53. The summed E-state index contributed by atoms with van der Waals surface area (Å²) in [5.41, 5.74) is 4.21. The number of benzene rings is 1. The first-order chi connectivity index (χ1) is 11.2. The van der Waals surface area contributed by atoms with Crippen molar-refractivity contribution in [1.82, 2.24) is 4.72 Å². The maximum atomic E-state index is 11.5. The van der Waals surface area contributed by atoms with E-state index in [-0.39, 0.29) is 0 Å². The molecule has 0 saturated carbocycles.